The molecule has 0 bridgehead atoms. The van der Waals surface area contributed by atoms with Gasteiger partial charge in [0.2, 0.25) is 5.91 Å². The third-order valence-electron chi connectivity index (χ3n) is 3.60. The Labute approximate surface area is 132 Å². The molecular weight excluding hydrogens is 309 g/mol. The number of benzene rings is 1. The first-order chi connectivity index (χ1) is 10.1. The summed E-state index contributed by atoms with van der Waals surface area (Å²) in [4.78, 5) is 15.5. The minimum Gasteiger partial charge on any atom is -0.334 e. The first-order valence-electron chi connectivity index (χ1n) is 6.90. The zero-order chi connectivity index (χ0) is 14.8. The first kappa shape index (κ1) is 14.5. The van der Waals surface area contributed by atoms with Crippen LogP contribution in [0.15, 0.2) is 35.7 Å². The van der Waals surface area contributed by atoms with Gasteiger partial charge in [0.15, 0.2) is 0 Å². The average Bonchev–Trinajstić information content (AvgIpc) is 3.17. The number of hydrogen-bond donors (Lipinski definition) is 0. The van der Waals surface area contributed by atoms with Crippen LogP contribution in [-0.4, -0.2) is 16.8 Å². The van der Waals surface area contributed by atoms with Crippen LogP contribution in [0, 0.1) is 5.82 Å². The lowest BCUT2D eigenvalue weighted by Crippen LogP contribution is -2.33. The Balaban J connectivity index is 1.75. The number of rotatable bonds is 5. The molecule has 3 rings (SSSR count). The fourth-order valence-corrected chi connectivity index (χ4v) is 3.26. The average molecular weight is 324 g/mol. The molecule has 0 radical (unpaired) electrons. The Morgan fingerprint density at radius 3 is 2.76 bits per heavy atom. The lowest BCUT2D eigenvalue weighted by atomic mass is 10.1. The number of carbonyl (C=O) groups is 1. The Morgan fingerprint density at radius 2 is 2.14 bits per heavy atom. The normalized spacial score (nSPS) is 14.2. The van der Waals surface area contributed by atoms with Crippen LogP contribution >= 0.6 is 22.9 Å². The molecule has 0 spiro atoms. The fraction of sp³-hybridized carbons (Fsp3) is 0.312. The minimum absolute atomic E-state index is 0.0212. The number of carbonyl (C=O) groups excluding carboxylic acids is 1. The number of thiophene rings is 1. The summed E-state index contributed by atoms with van der Waals surface area (Å²) < 4.78 is 13.8. The Kier molecular flexibility index (Phi) is 4.27. The van der Waals surface area contributed by atoms with Crippen LogP contribution in [0.4, 0.5) is 4.39 Å². The van der Waals surface area contributed by atoms with Crippen molar-refractivity contribution in [2.24, 2.45) is 0 Å². The van der Waals surface area contributed by atoms with E-state index in [0.717, 1.165) is 17.7 Å². The van der Waals surface area contributed by atoms with Crippen LogP contribution in [-0.2, 0) is 17.8 Å². The van der Waals surface area contributed by atoms with Crippen molar-refractivity contribution >= 4 is 28.8 Å². The molecule has 1 saturated carbocycles. The van der Waals surface area contributed by atoms with E-state index < -0.39 is 5.82 Å². The molecule has 0 unspecified atom stereocenters. The van der Waals surface area contributed by atoms with Gasteiger partial charge < -0.3 is 4.90 Å². The number of halogens is 2. The predicted molar refractivity (Wildman–Crippen MR) is 83.0 cm³/mol. The summed E-state index contributed by atoms with van der Waals surface area (Å²) in [5.41, 5.74) is 0.293. The molecule has 0 N–H and O–H groups in total. The zero-order valence-electron chi connectivity index (χ0n) is 11.4. The lowest BCUT2D eigenvalue weighted by molar-refractivity contribution is -0.131. The van der Waals surface area contributed by atoms with Crippen molar-refractivity contribution in [3.05, 3.63) is 57.0 Å². The SMILES string of the molecule is O=C(Cc1c(F)cccc1Cl)N(Cc1cccs1)C1CC1. The molecule has 110 valence electrons. The highest BCUT2D eigenvalue weighted by Crippen LogP contribution is 2.30. The van der Waals surface area contributed by atoms with E-state index in [1.165, 1.54) is 6.07 Å². The van der Waals surface area contributed by atoms with E-state index in [-0.39, 0.29) is 12.3 Å². The van der Waals surface area contributed by atoms with Gasteiger partial charge in [-0.15, -0.1) is 11.3 Å². The molecule has 2 aromatic rings. The van der Waals surface area contributed by atoms with Gasteiger partial charge in [-0.1, -0.05) is 23.7 Å². The summed E-state index contributed by atoms with van der Waals surface area (Å²) in [6, 6.07) is 8.80. The highest BCUT2D eigenvalue weighted by Gasteiger charge is 2.33. The van der Waals surface area contributed by atoms with Gasteiger partial charge in [0.1, 0.15) is 5.82 Å². The van der Waals surface area contributed by atoms with Gasteiger partial charge >= 0.3 is 0 Å². The van der Waals surface area contributed by atoms with Gasteiger partial charge in [-0.05, 0) is 36.4 Å². The maximum atomic E-state index is 13.8. The molecule has 0 aliphatic heterocycles. The standard InChI is InChI=1S/C16H15ClFNOS/c17-14-4-1-5-15(18)13(14)9-16(20)19(11-6-7-11)10-12-3-2-8-21-12/h1-5,8,11H,6-7,9-10H2. The molecule has 1 amide bonds. The maximum absolute atomic E-state index is 13.8. The van der Waals surface area contributed by atoms with Gasteiger partial charge in [-0.2, -0.15) is 0 Å². The van der Waals surface area contributed by atoms with E-state index in [1.807, 2.05) is 22.4 Å². The van der Waals surface area contributed by atoms with E-state index in [0.29, 0.717) is 23.2 Å². The van der Waals surface area contributed by atoms with Crippen molar-refractivity contribution in [1.29, 1.82) is 0 Å². The monoisotopic (exact) mass is 323 g/mol. The Bertz CT molecular complexity index is 619. The molecule has 21 heavy (non-hydrogen) atoms. The maximum Gasteiger partial charge on any atom is 0.227 e. The highest BCUT2D eigenvalue weighted by atomic mass is 35.5. The lowest BCUT2D eigenvalue weighted by Gasteiger charge is -2.22. The number of amides is 1. The molecular formula is C16H15ClFNOS. The smallest absolute Gasteiger partial charge is 0.227 e. The van der Waals surface area contributed by atoms with E-state index in [9.17, 15) is 9.18 Å². The second kappa shape index (κ2) is 6.16. The molecule has 1 aromatic heterocycles. The van der Waals surface area contributed by atoms with E-state index >= 15 is 0 Å². The summed E-state index contributed by atoms with van der Waals surface area (Å²) in [7, 11) is 0. The van der Waals surface area contributed by atoms with Crippen molar-refractivity contribution in [3.63, 3.8) is 0 Å². The van der Waals surface area contributed by atoms with Crippen LogP contribution in [0.3, 0.4) is 0 Å². The predicted octanol–water partition coefficient (Wildman–Crippen LogP) is 4.27. The number of hydrogen-bond acceptors (Lipinski definition) is 2. The highest BCUT2D eigenvalue weighted by molar-refractivity contribution is 7.09. The van der Waals surface area contributed by atoms with E-state index in [2.05, 4.69) is 0 Å². The molecule has 0 saturated heterocycles. The Morgan fingerprint density at radius 1 is 1.33 bits per heavy atom. The largest absolute Gasteiger partial charge is 0.334 e. The van der Waals surface area contributed by atoms with Crippen molar-refractivity contribution in [2.75, 3.05) is 0 Å². The van der Waals surface area contributed by atoms with Gasteiger partial charge in [0.25, 0.3) is 0 Å². The molecule has 1 fully saturated rings. The summed E-state index contributed by atoms with van der Waals surface area (Å²) in [5, 5.41) is 2.31. The summed E-state index contributed by atoms with van der Waals surface area (Å²) in [6.07, 6.45) is 2.08. The van der Waals surface area contributed by atoms with Crippen molar-refractivity contribution in [2.45, 2.75) is 31.8 Å². The zero-order valence-corrected chi connectivity index (χ0v) is 13.0. The van der Waals surface area contributed by atoms with E-state index in [1.54, 1.807) is 23.5 Å². The van der Waals surface area contributed by atoms with Crippen LogP contribution in [0.25, 0.3) is 0 Å². The van der Waals surface area contributed by atoms with Crippen molar-refractivity contribution < 1.29 is 9.18 Å². The fourth-order valence-electron chi connectivity index (χ4n) is 2.33. The first-order valence-corrected chi connectivity index (χ1v) is 8.15. The quantitative estimate of drug-likeness (QED) is 0.804. The molecule has 1 heterocycles. The molecule has 5 heteroatoms. The van der Waals surface area contributed by atoms with Crippen molar-refractivity contribution in [3.8, 4) is 0 Å². The molecule has 0 atom stereocenters. The topological polar surface area (TPSA) is 20.3 Å². The second-order valence-corrected chi connectivity index (χ2v) is 6.65. The van der Waals surface area contributed by atoms with E-state index in [4.69, 9.17) is 11.6 Å². The summed E-state index contributed by atoms with van der Waals surface area (Å²) >= 11 is 7.64. The van der Waals surface area contributed by atoms with Crippen LogP contribution in [0.1, 0.15) is 23.3 Å². The summed E-state index contributed by atoms with van der Waals surface area (Å²) in [6.45, 7) is 0.604. The van der Waals surface area contributed by atoms with Crippen LogP contribution < -0.4 is 0 Å². The molecule has 1 aliphatic rings. The third kappa shape index (κ3) is 3.44. The van der Waals surface area contributed by atoms with Gasteiger partial charge in [0, 0.05) is 21.5 Å². The van der Waals surface area contributed by atoms with Gasteiger partial charge in [-0.3, -0.25) is 4.79 Å². The molecule has 2 nitrogen and oxygen atoms in total. The van der Waals surface area contributed by atoms with Gasteiger partial charge in [0.05, 0.1) is 13.0 Å². The van der Waals surface area contributed by atoms with Crippen molar-refractivity contribution in [1.82, 2.24) is 4.90 Å². The van der Waals surface area contributed by atoms with Gasteiger partial charge in [-0.25, -0.2) is 4.39 Å². The minimum atomic E-state index is -0.414. The van der Waals surface area contributed by atoms with Crippen LogP contribution in [0.2, 0.25) is 5.02 Å². The Hall–Kier alpha value is -1.39. The molecule has 1 aromatic carbocycles. The summed E-state index contributed by atoms with van der Waals surface area (Å²) in [5.74, 6) is -0.472. The third-order valence-corrected chi connectivity index (χ3v) is 4.82. The van der Waals surface area contributed by atoms with Crippen LogP contribution in [0.5, 0.6) is 0 Å². The second-order valence-electron chi connectivity index (χ2n) is 5.21. The number of nitrogens with zero attached hydrogens (tertiary/aromatic N) is 1. The molecule has 1 aliphatic carbocycles.